The summed E-state index contributed by atoms with van der Waals surface area (Å²) < 4.78 is 16.4. The quantitative estimate of drug-likeness (QED) is 0.555. The maximum absolute atomic E-state index is 13.1. The Morgan fingerprint density at radius 3 is 2.59 bits per heavy atom. The minimum atomic E-state index is -0.376. The Balaban J connectivity index is 1.34. The number of ether oxygens (including phenoxy) is 2. The number of rotatable bonds is 4. The highest BCUT2D eigenvalue weighted by Gasteiger charge is 2.37. The Labute approximate surface area is 188 Å². The molecule has 0 bridgehead atoms. The van der Waals surface area contributed by atoms with E-state index in [4.69, 9.17) is 25.5 Å². The maximum Gasteiger partial charge on any atom is 0.308 e. The van der Waals surface area contributed by atoms with Crippen LogP contribution in [0, 0.1) is 5.92 Å². The van der Waals surface area contributed by atoms with Crippen molar-refractivity contribution in [2.45, 2.75) is 25.4 Å². The van der Waals surface area contributed by atoms with Gasteiger partial charge in [0.1, 0.15) is 11.9 Å². The van der Waals surface area contributed by atoms with E-state index in [0.29, 0.717) is 53.2 Å². The summed E-state index contributed by atoms with van der Waals surface area (Å²) >= 11 is 6.19. The van der Waals surface area contributed by atoms with Crippen LogP contribution >= 0.6 is 11.6 Å². The van der Waals surface area contributed by atoms with Gasteiger partial charge in [0, 0.05) is 12.2 Å². The van der Waals surface area contributed by atoms with Crippen LogP contribution < -0.4 is 15.1 Å². The van der Waals surface area contributed by atoms with E-state index in [0.717, 1.165) is 0 Å². The molecule has 0 atom stereocenters. The molecule has 1 aliphatic carbocycles. The van der Waals surface area contributed by atoms with Crippen LogP contribution in [0.4, 0.5) is 5.69 Å². The molecule has 1 aromatic heterocycles. The number of amides is 1. The average Bonchev–Trinajstić information content (AvgIpc) is 2.77. The van der Waals surface area contributed by atoms with Gasteiger partial charge in [0.15, 0.2) is 16.8 Å². The first kappa shape index (κ1) is 20.6. The zero-order chi connectivity index (χ0) is 22.4. The smallest absolute Gasteiger partial charge is 0.308 e. The van der Waals surface area contributed by atoms with Crippen LogP contribution in [0.2, 0.25) is 5.02 Å². The second-order valence-corrected chi connectivity index (χ2v) is 8.39. The lowest BCUT2D eigenvalue weighted by Crippen LogP contribution is -2.40. The summed E-state index contributed by atoms with van der Waals surface area (Å²) in [5.41, 5.74) is 1.07. The molecule has 1 amide bonds. The molecule has 0 spiro atoms. The average molecular weight is 454 g/mol. The molecular weight excluding hydrogens is 434 g/mol. The standard InChI is InChI=1S/C24H20ClNO6/c1-30-24(29)13-11-16(12-13)31-15-7-5-14(6-8-15)26-10-9-18-20(27)17-3-2-4-19(25)21(17)32-22(18)23(26)28/h2-8,13,16H,9-12H2,1H3. The van der Waals surface area contributed by atoms with Crippen LogP contribution in [0.15, 0.2) is 51.7 Å². The minimum Gasteiger partial charge on any atom is -0.490 e. The van der Waals surface area contributed by atoms with Gasteiger partial charge in [0.25, 0.3) is 5.91 Å². The lowest BCUT2D eigenvalue weighted by atomic mass is 9.82. The first-order chi connectivity index (χ1) is 15.5. The number of hydrogen-bond acceptors (Lipinski definition) is 6. The van der Waals surface area contributed by atoms with Gasteiger partial charge in [-0.15, -0.1) is 0 Å². The third-order valence-electron chi connectivity index (χ3n) is 6.07. The summed E-state index contributed by atoms with van der Waals surface area (Å²) in [6.45, 7) is 0.367. The van der Waals surface area contributed by atoms with Gasteiger partial charge in [-0.2, -0.15) is 0 Å². The predicted molar refractivity (Wildman–Crippen MR) is 118 cm³/mol. The van der Waals surface area contributed by atoms with E-state index in [2.05, 4.69) is 0 Å². The zero-order valence-corrected chi connectivity index (χ0v) is 18.1. The van der Waals surface area contributed by atoms with E-state index in [-0.39, 0.29) is 40.7 Å². The van der Waals surface area contributed by atoms with Gasteiger partial charge >= 0.3 is 5.97 Å². The molecule has 5 rings (SSSR count). The van der Waals surface area contributed by atoms with Crippen LogP contribution in [-0.4, -0.2) is 31.6 Å². The SMILES string of the molecule is COC(=O)C1CC(Oc2ccc(N3CCc4c(oc5c(Cl)cccc5c4=O)C3=O)cc2)C1. The van der Waals surface area contributed by atoms with E-state index in [1.807, 2.05) is 0 Å². The van der Waals surface area contributed by atoms with Gasteiger partial charge in [0.2, 0.25) is 0 Å². The van der Waals surface area contributed by atoms with Gasteiger partial charge in [-0.25, -0.2) is 0 Å². The molecule has 1 aliphatic heterocycles. The van der Waals surface area contributed by atoms with Gasteiger partial charge in [-0.05, 0) is 55.7 Å². The molecule has 7 nitrogen and oxygen atoms in total. The summed E-state index contributed by atoms with van der Waals surface area (Å²) in [7, 11) is 1.39. The maximum atomic E-state index is 13.1. The molecule has 32 heavy (non-hydrogen) atoms. The van der Waals surface area contributed by atoms with Crippen molar-refractivity contribution in [3.63, 3.8) is 0 Å². The molecular formula is C24H20ClNO6. The molecule has 0 N–H and O–H groups in total. The number of nitrogens with zero attached hydrogens (tertiary/aromatic N) is 1. The van der Waals surface area contributed by atoms with Gasteiger partial charge in [-0.1, -0.05) is 17.7 Å². The molecule has 8 heteroatoms. The Hall–Kier alpha value is -3.32. The number of carbonyl (C=O) groups is 2. The number of halogens is 1. The number of para-hydroxylation sites is 1. The van der Waals surface area contributed by atoms with Crippen LogP contribution in [0.25, 0.3) is 11.0 Å². The van der Waals surface area contributed by atoms with Crippen molar-refractivity contribution in [1.82, 2.24) is 0 Å². The van der Waals surface area contributed by atoms with E-state index >= 15 is 0 Å². The predicted octanol–water partition coefficient (Wildman–Crippen LogP) is 3.98. The fourth-order valence-electron chi connectivity index (χ4n) is 4.23. The number of carbonyl (C=O) groups excluding carboxylic acids is 2. The lowest BCUT2D eigenvalue weighted by molar-refractivity contribution is -0.151. The summed E-state index contributed by atoms with van der Waals surface area (Å²) in [6, 6.07) is 12.1. The first-order valence-corrected chi connectivity index (χ1v) is 10.7. The van der Waals surface area contributed by atoms with Crippen molar-refractivity contribution in [3.8, 4) is 5.75 Å². The Morgan fingerprint density at radius 2 is 1.88 bits per heavy atom. The van der Waals surface area contributed by atoms with E-state index in [1.54, 1.807) is 47.4 Å². The molecule has 0 unspecified atom stereocenters. The largest absolute Gasteiger partial charge is 0.490 e. The van der Waals surface area contributed by atoms with Crippen LogP contribution in [-0.2, 0) is 16.0 Å². The molecule has 1 saturated carbocycles. The number of hydrogen-bond donors (Lipinski definition) is 0. The van der Waals surface area contributed by atoms with E-state index in [1.165, 1.54) is 7.11 Å². The molecule has 0 saturated heterocycles. The number of methoxy groups -OCH3 is 1. The molecule has 164 valence electrons. The highest BCUT2D eigenvalue weighted by atomic mass is 35.5. The summed E-state index contributed by atoms with van der Waals surface area (Å²) in [5, 5.41) is 0.670. The van der Waals surface area contributed by atoms with Crippen molar-refractivity contribution in [2.75, 3.05) is 18.6 Å². The number of benzene rings is 2. The topological polar surface area (TPSA) is 86.1 Å². The number of esters is 1. The highest BCUT2D eigenvalue weighted by Crippen LogP contribution is 2.33. The van der Waals surface area contributed by atoms with Crippen molar-refractivity contribution in [1.29, 1.82) is 0 Å². The van der Waals surface area contributed by atoms with E-state index < -0.39 is 0 Å². The number of anilines is 1. The molecule has 2 heterocycles. The van der Waals surface area contributed by atoms with Crippen molar-refractivity contribution >= 4 is 40.1 Å². The number of fused-ring (bicyclic) bond motifs is 2. The Kier molecular flexibility index (Phi) is 5.13. The van der Waals surface area contributed by atoms with Crippen LogP contribution in [0.3, 0.4) is 0 Å². The first-order valence-electron chi connectivity index (χ1n) is 10.4. The second kappa shape index (κ2) is 7.98. The van der Waals surface area contributed by atoms with Crippen LogP contribution in [0.5, 0.6) is 5.75 Å². The second-order valence-electron chi connectivity index (χ2n) is 7.99. The monoisotopic (exact) mass is 453 g/mol. The van der Waals surface area contributed by atoms with E-state index in [9.17, 15) is 14.4 Å². The summed E-state index contributed by atoms with van der Waals surface area (Å²) in [5.74, 6) is 0.0137. The lowest BCUT2D eigenvalue weighted by Gasteiger charge is -2.33. The van der Waals surface area contributed by atoms with Crippen LogP contribution in [0.1, 0.15) is 29.0 Å². The zero-order valence-electron chi connectivity index (χ0n) is 17.3. The molecule has 2 aromatic carbocycles. The van der Waals surface area contributed by atoms with Crippen molar-refractivity contribution in [2.24, 2.45) is 5.92 Å². The Morgan fingerprint density at radius 1 is 1.12 bits per heavy atom. The third kappa shape index (κ3) is 3.42. The van der Waals surface area contributed by atoms with Crippen molar-refractivity contribution < 1.29 is 23.5 Å². The highest BCUT2D eigenvalue weighted by molar-refractivity contribution is 6.34. The fraction of sp³-hybridized carbons (Fsp3) is 0.292. The molecule has 2 aliphatic rings. The van der Waals surface area contributed by atoms with Gasteiger partial charge < -0.3 is 18.8 Å². The van der Waals surface area contributed by atoms with Crippen molar-refractivity contribution in [3.05, 3.63) is 69.0 Å². The van der Waals surface area contributed by atoms with Gasteiger partial charge in [0.05, 0.1) is 29.0 Å². The fourth-order valence-corrected chi connectivity index (χ4v) is 4.45. The molecule has 3 aromatic rings. The summed E-state index contributed by atoms with van der Waals surface area (Å²) in [4.78, 5) is 39.1. The summed E-state index contributed by atoms with van der Waals surface area (Å²) in [6.07, 6.45) is 1.62. The van der Waals surface area contributed by atoms with Gasteiger partial charge in [-0.3, -0.25) is 14.4 Å². The normalized spacial score (nSPS) is 19.9. The Bertz CT molecular complexity index is 1280. The third-order valence-corrected chi connectivity index (χ3v) is 6.37. The minimum absolute atomic E-state index is 0.0271. The molecule has 1 fully saturated rings. The molecule has 0 radical (unpaired) electrons.